The van der Waals surface area contributed by atoms with E-state index >= 15 is 0 Å². The molecule has 2 N–H and O–H groups in total. The average Bonchev–Trinajstić information content (AvgIpc) is 3.20. The molecule has 3 aromatic rings. The molecule has 1 spiro atoms. The number of nitrogens with two attached hydrogens (primary N) is 1. The molecule has 1 unspecified atom stereocenters. The molecule has 2 aliphatic rings. The van der Waals surface area contributed by atoms with Crippen LogP contribution in [0.3, 0.4) is 0 Å². The molecule has 5 rings (SSSR count). The predicted molar refractivity (Wildman–Crippen MR) is 126 cm³/mol. The van der Waals surface area contributed by atoms with Crippen LogP contribution in [-0.2, 0) is 20.9 Å². The largest absolute Gasteiger partial charge is 0.418 e. The van der Waals surface area contributed by atoms with Crippen molar-refractivity contribution in [2.75, 3.05) is 24.1 Å². The van der Waals surface area contributed by atoms with E-state index < -0.39 is 27.4 Å². The van der Waals surface area contributed by atoms with Gasteiger partial charge in [0.1, 0.15) is 5.60 Å². The molecule has 1 aromatic carbocycles. The molecule has 190 valence electrons. The summed E-state index contributed by atoms with van der Waals surface area (Å²) in [5.74, 6) is -0.187. The Bertz CT molecular complexity index is 1380. The number of alkyl halides is 3. The minimum absolute atomic E-state index is 0.141. The fourth-order valence-electron chi connectivity index (χ4n) is 4.67. The molecule has 2 aromatic heterocycles. The van der Waals surface area contributed by atoms with Crippen molar-refractivity contribution in [3.05, 3.63) is 72.1 Å². The van der Waals surface area contributed by atoms with Gasteiger partial charge in [0.05, 0.1) is 18.7 Å². The molecule has 12 heteroatoms. The highest BCUT2D eigenvalue weighted by molar-refractivity contribution is 7.92. The second-order valence-electron chi connectivity index (χ2n) is 8.95. The summed E-state index contributed by atoms with van der Waals surface area (Å²) in [5, 5.41) is 1.20. The number of aromatic nitrogens is 2. The van der Waals surface area contributed by atoms with Crippen molar-refractivity contribution < 1.29 is 26.3 Å². The first-order chi connectivity index (χ1) is 17.0. The molecule has 0 bridgehead atoms. The van der Waals surface area contributed by atoms with E-state index in [9.17, 15) is 21.6 Å². The summed E-state index contributed by atoms with van der Waals surface area (Å²) in [5.41, 5.74) is 5.29. The van der Waals surface area contributed by atoms with Crippen LogP contribution in [0.2, 0.25) is 0 Å². The summed E-state index contributed by atoms with van der Waals surface area (Å²) in [4.78, 5) is 7.95. The van der Waals surface area contributed by atoms with Crippen LogP contribution in [0.25, 0.3) is 11.1 Å². The number of hydrogen-bond donors (Lipinski definition) is 1. The van der Waals surface area contributed by atoms with Crippen molar-refractivity contribution in [2.45, 2.75) is 36.2 Å². The number of pyridine rings is 2. The van der Waals surface area contributed by atoms with E-state index in [-0.39, 0.29) is 35.5 Å². The number of rotatable bonds is 5. The maximum absolute atomic E-state index is 14.0. The van der Waals surface area contributed by atoms with Crippen LogP contribution in [0.5, 0.6) is 0 Å². The van der Waals surface area contributed by atoms with Crippen LogP contribution in [0.4, 0.5) is 19.0 Å². The summed E-state index contributed by atoms with van der Waals surface area (Å²) in [6.07, 6.45) is -2.06. The van der Waals surface area contributed by atoms with Crippen LogP contribution in [0, 0.1) is 6.92 Å². The number of anilines is 1. The van der Waals surface area contributed by atoms with Crippen molar-refractivity contribution in [3.63, 3.8) is 0 Å². The third-order valence-corrected chi connectivity index (χ3v) is 8.25. The zero-order chi connectivity index (χ0) is 25.7. The Morgan fingerprint density at radius 3 is 2.44 bits per heavy atom. The van der Waals surface area contributed by atoms with Crippen LogP contribution >= 0.6 is 0 Å². The highest BCUT2D eigenvalue weighted by Gasteiger charge is 2.55. The van der Waals surface area contributed by atoms with E-state index in [1.807, 2.05) is 0 Å². The summed E-state index contributed by atoms with van der Waals surface area (Å²) < 4.78 is 76.1. The van der Waals surface area contributed by atoms with Crippen LogP contribution < -0.4 is 10.1 Å². The van der Waals surface area contributed by atoms with E-state index in [4.69, 9.17) is 10.5 Å². The Labute approximate surface area is 206 Å². The summed E-state index contributed by atoms with van der Waals surface area (Å²) in [7, 11) is -4.33. The Kier molecular flexibility index (Phi) is 6.02. The third-order valence-electron chi connectivity index (χ3n) is 6.61. The maximum Gasteiger partial charge on any atom is 0.418 e. The molecular weight excluding hydrogens is 495 g/mol. The minimum Gasteiger partial charge on any atom is -0.370 e. The normalized spacial score (nSPS) is 19.9. The number of halogens is 3. The van der Waals surface area contributed by atoms with Gasteiger partial charge in [-0.1, -0.05) is 30.3 Å². The number of nitrogens with zero attached hydrogens (tertiary/aromatic N) is 4. The van der Waals surface area contributed by atoms with Gasteiger partial charge < -0.3 is 10.5 Å². The van der Waals surface area contributed by atoms with Gasteiger partial charge in [-0.2, -0.15) is 31.0 Å². The smallest absolute Gasteiger partial charge is 0.370 e. The first-order valence-electron chi connectivity index (χ1n) is 11.3. The molecule has 1 atom stereocenters. The van der Waals surface area contributed by atoms with Gasteiger partial charge in [-0.15, -0.1) is 0 Å². The number of aryl methyl sites for hydroxylation is 1. The molecule has 2 aliphatic heterocycles. The first-order valence-corrected chi connectivity index (χ1v) is 12.7. The van der Waals surface area contributed by atoms with Crippen LogP contribution in [0.15, 0.2) is 66.0 Å². The van der Waals surface area contributed by atoms with Crippen LogP contribution in [-0.4, -0.2) is 54.7 Å². The van der Waals surface area contributed by atoms with Gasteiger partial charge >= 0.3 is 6.18 Å². The summed E-state index contributed by atoms with van der Waals surface area (Å²) >= 11 is 0. The Hall–Kier alpha value is -3.06. The monoisotopic (exact) mass is 519 g/mol. The quantitative estimate of drug-likeness (QED) is 0.552. The second kappa shape index (κ2) is 8.80. The Morgan fingerprint density at radius 1 is 1.11 bits per heavy atom. The minimum atomic E-state index is -4.70. The number of sulfonamides is 1. The van der Waals surface area contributed by atoms with E-state index in [1.54, 1.807) is 37.3 Å². The second-order valence-corrected chi connectivity index (χ2v) is 10.7. The lowest BCUT2D eigenvalue weighted by Crippen LogP contribution is -2.73. The van der Waals surface area contributed by atoms with E-state index in [0.29, 0.717) is 30.4 Å². The average molecular weight is 520 g/mol. The van der Waals surface area contributed by atoms with Gasteiger partial charge in [0.2, 0.25) is 0 Å². The zero-order valence-corrected chi connectivity index (χ0v) is 20.1. The van der Waals surface area contributed by atoms with Gasteiger partial charge in [0.25, 0.3) is 10.0 Å². The van der Waals surface area contributed by atoms with E-state index in [1.165, 1.54) is 23.3 Å². The lowest BCUT2D eigenvalue weighted by Gasteiger charge is -2.52. The molecule has 36 heavy (non-hydrogen) atoms. The highest BCUT2D eigenvalue weighted by Crippen LogP contribution is 2.42. The van der Waals surface area contributed by atoms with Gasteiger partial charge in [0, 0.05) is 25.0 Å². The predicted octanol–water partition coefficient (Wildman–Crippen LogP) is 3.38. The topological polar surface area (TPSA) is 102 Å². The summed E-state index contributed by atoms with van der Waals surface area (Å²) in [6, 6.07) is 11.9. The van der Waals surface area contributed by atoms with Crippen molar-refractivity contribution in [3.8, 4) is 11.1 Å². The molecule has 8 nitrogen and oxygen atoms in total. The Balaban J connectivity index is 1.65. The van der Waals surface area contributed by atoms with Gasteiger partial charge in [0.15, 0.2) is 10.8 Å². The maximum atomic E-state index is 14.0. The molecule has 2 fully saturated rings. The van der Waals surface area contributed by atoms with Crippen LogP contribution in [0.1, 0.15) is 17.5 Å². The van der Waals surface area contributed by atoms with Gasteiger partial charge in [-0.25, -0.2) is 9.97 Å². The molecule has 0 amide bonds. The number of hydrazine groups is 1. The third kappa shape index (κ3) is 4.13. The first kappa shape index (κ1) is 24.6. The van der Waals surface area contributed by atoms with Gasteiger partial charge in [-0.05, 0) is 48.2 Å². The zero-order valence-electron chi connectivity index (χ0n) is 19.3. The molecule has 0 radical (unpaired) electrons. The lowest BCUT2D eigenvalue weighted by atomic mass is 9.88. The van der Waals surface area contributed by atoms with Crippen molar-refractivity contribution in [1.82, 2.24) is 15.0 Å². The number of ether oxygens (including phenoxy) is 1. The van der Waals surface area contributed by atoms with Gasteiger partial charge in [-0.3, -0.25) is 0 Å². The highest BCUT2D eigenvalue weighted by atomic mass is 32.2. The molecule has 0 aliphatic carbocycles. The molecular formula is C24H24F3N5O3S. The number of hydrogen-bond acceptors (Lipinski definition) is 7. The molecule has 0 saturated carbocycles. The molecule has 4 heterocycles. The lowest BCUT2D eigenvalue weighted by molar-refractivity contribution is -0.137. The standard InChI is InChI=1S/C24H24F3N5O3S/c1-16-6-2-3-7-17(16)18-12-21(30-13-19(18)24(25,26)27)32(36(33,34)22-8-4-5-10-29-22)31-14-23(15-31)20(28)9-11-35-23/h2-8,10,12-13,20H,9,11,14-15,28H2,1H3. The van der Waals surface area contributed by atoms with Crippen molar-refractivity contribution >= 4 is 15.8 Å². The fraction of sp³-hybridized carbons (Fsp3) is 0.333. The van der Waals surface area contributed by atoms with Crippen molar-refractivity contribution in [1.29, 1.82) is 0 Å². The Morgan fingerprint density at radius 2 is 1.83 bits per heavy atom. The molecule has 2 saturated heterocycles. The van der Waals surface area contributed by atoms with E-state index in [0.717, 1.165) is 10.5 Å². The SMILES string of the molecule is Cc1ccccc1-c1cc(N(N2CC3(C2)OCCC3N)S(=O)(=O)c2ccccn2)ncc1C(F)(F)F. The number of benzene rings is 1. The fourth-order valence-corrected chi connectivity index (χ4v) is 6.05. The van der Waals surface area contributed by atoms with Crippen molar-refractivity contribution in [2.24, 2.45) is 5.73 Å². The van der Waals surface area contributed by atoms with E-state index in [2.05, 4.69) is 9.97 Å². The summed E-state index contributed by atoms with van der Waals surface area (Å²) in [6.45, 7) is 2.43.